The molecule has 3 N–H and O–H groups in total. The number of primary amides is 1. The lowest BCUT2D eigenvalue weighted by atomic mass is 10.2. The Bertz CT molecular complexity index is 441. The number of pyridine rings is 1. The van der Waals surface area contributed by atoms with Crippen LogP contribution in [-0.2, 0) is 4.79 Å². The maximum absolute atomic E-state index is 10.9. The van der Waals surface area contributed by atoms with Gasteiger partial charge in [0.05, 0.1) is 5.56 Å². The number of carbonyl (C=O) groups excluding carboxylic acids is 2. The highest BCUT2D eigenvalue weighted by molar-refractivity contribution is 5.92. The van der Waals surface area contributed by atoms with Crippen LogP contribution in [0.25, 0.3) is 6.08 Å². The maximum Gasteiger partial charge on any atom is 0.250 e. The van der Waals surface area contributed by atoms with Gasteiger partial charge in [0.2, 0.25) is 11.8 Å². The zero-order valence-corrected chi connectivity index (χ0v) is 9.64. The molecule has 0 radical (unpaired) electrons. The number of nitrogens with zero attached hydrogens (tertiary/aromatic N) is 1. The van der Waals surface area contributed by atoms with E-state index in [9.17, 15) is 9.59 Å². The number of nitrogens with two attached hydrogens (primary N) is 1. The minimum Gasteiger partial charge on any atom is -0.366 e. The van der Waals surface area contributed by atoms with Crippen molar-refractivity contribution in [3.63, 3.8) is 0 Å². The van der Waals surface area contributed by atoms with Crippen LogP contribution in [0.5, 0.6) is 0 Å². The summed E-state index contributed by atoms with van der Waals surface area (Å²) in [5, 5.41) is 2.68. The highest BCUT2D eigenvalue weighted by atomic mass is 16.1. The first kappa shape index (κ1) is 12.9. The molecule has 0 aliphatic carbocycles. The highest BCUT2D eigenvalue weighted by Gasteiger charge is 1.99. The molecule has 0 saturated heterocycles. The van der Waals surface area contributed by atoms with Crippen molar-refractivity contribution in [2.45, 2.75) is 13.3 Å². The van der Waals surface area contributed by atoms with E-state index < -0.39 is 5.91 Å². The van der Waals surface area contributed by atoms with Crippen LogP contribution in [0.3, 0.4) is 0 Å². The van der Waals surface area contributed by atoms with E-state index in [1.165, 1.54) is 13.1 Å². The van der Waals surface area contributed by atoms with E-state index >= 15 is 0 Å². The molecule has 0 spiro atoms. The van der Waals surface area contributed by atoms with E-state index in [0.717, 1.165) is 12.0 Å². The van der Waals surface area contributed by atoms with Crippen molar-refractivity contribution in [3.8, 4) is 0 Å². The zero-order valence-electron chi connectivity index (χ0n) is 9.64. The van der Waals surface area contributed by atoms with Gasteiger partial charge in [0.1, 0.15) is 0 Å². The van der Waals surface area contributed by atoms with Gasteiger partial charge in [-0.15, -0.1) is 0 Å². The molecule has 0 saturated carbocycles. The summed E-state index contributed by atoms with van der Waals surface area (Å²) in [5.41, 5.74) is 6.33. The van der Waals surface area contributed by atoms with E-state index in [-0.39, 0.29) is 5.91 Å². The first-order valence-electron chi connectivity index (χ1n) is 5.25. The molecule has 2 amide bonds. The lowest BCUT2D eigenvalue weighted by Crippen LogP contribution is -2.20. The Morgan fingerprint density at radius 2 is 2.24 bits per heavy atom. The van der Waals surface area contributed by atoms with Crippen molar-refractivity contribution >= 4 is 17.9 Å². The number of hydrogen-bond acceptors (Lipinski definition) is 3. The molecule has 17 heavy (non-hydrogen) atoms. The molecular formula is C12H15N3O2. The van der Waals surface area contributed by atoms with Crippen molar-refractivity contribution < 1.29 is 9.59 Å². The van der Waals surface area contributed by atoms with Crippen LogP contribution in [0.1, 0.15) is 29.3 Å². The topological polar surface area (TPSA) is 85.1 Å². The second-order valence-electron chi connectivity index (χ2n) is 3.55. The fraction of sp³-hybridized carbons (Fsp3) is 0.250. The summed E-state index contributed by atoms with van der Waals surface area (Å²) >= 11 is 0. The molecule has 1 heterocycles. The number of hydrogen-bond donors (Lipinski definition) is 2. The predicted octanol–water partition coefficient (Wildman–Crippen LogP) is 0.720. The molecule has 1 rings (SSSR count). The summed E-state index contributed by atoms with van der Waals surface area (Å²) in [7, 11) is 0. The summed E-state index contributed by atoms with van der Waals surface area (Å²) in [4.78, 5) is 25.4. The van der Waals surface area contributed by atoms with Crippen molar-refractivity contribution in [2.24, 2.45) is 5.73 Å². The third-order valence-electron chi connectivity index (χ3n) is 2.04. The fourth-order valence-electron chi connectivity index (χ4n) is 1.23. The van der Waals surface area contributed by atoms with Gasteiger partial charge in [-0.1, -0.05) is 12.2 Å². The van der Waals surface area contributed by atoms with Gasteiger partial charge in [-0.25, -0.2) is 0 Å². The molecule has 0 unspecified atom stereocenters. The number of nitrogens with one attached hydrogen (secondary N) is 1. The van der Waals surface area contributed by atoms with E-state index in [4.69, 9.17) is 5.73 Å². The minimum absolute atomic E-state index is 0.0456. The van der Waals surface area contributed by atoms with E-state index in [1.807, 2.05) is 12.2 Å². The van der Waals surface area contributed by atoms with Gasteiger partial charge in [-0.05, 0) is 18.1 Å². The lowest BCUT2D eigenvalue weighted by Gasteiger charge is -1.98. The molecule has 90 valence electrons. The third kappa shape index (κ3) is 4.92. The quantitative estimate of drug-likeness (QED) is 0.735. The van der Waals surface area contributed by atoms with Gasteiger partial charge >= 0.3 is 0 Å². The highest BCUT2D eigenvalue weighted by Crippen LogP contribution is 2.04. The normalized spacial score (nSPS) is 10.4. The van der Waals surface area contributed by atoms with Crippen molar-refractivity contribution in [2.75, 3.05) is 6.54 Å². The van der Waals surface area contributed by atoms with Gasteiger partial charge in [0.25, 0.3) is 0 Å². The number of carbonyl (C=O) groups is 2. The van der Waals surface area contributed by atoms with Crippen LogP contribution in [0.15, 0.2) is 24.5 Å². The second kappa shape index (κ2) is 6.42. The van der Waals surface area contributed by atoms with Crippen LogP contribution < -0.4 is 11.1 Å². The molecule has 1 aromatic rings. The molecule has 5 heteroatoms. The van der Waals surface area contributed by atoms with E-state index in [2.05, 4.69) is 10.3 Å². The fourth-order valence-corrected chi connectivity index (χ4v) is 1.23. The standard InChI is InChI=1S/C12H15N3O2/c1-9(16)15-5-3-2-4-10-6-11(12(13)17)8-14-7-10/h2,4,6-8H,3,5H2,1H3,(H2,13,17)(H,15,16). The Kier molecular flexibility index (Phi) is 4.87. The predicted molar refractivity (Wildman–Crippen MR) is 65.1 cm³/mol. The number of amides is 2. The monoisotopic (exact) mass is 233 g/mol. The Hall–Kier alpha value is -2.17. The molecule has 0 aromatic carbocycles. The maximum atomic E-state index is 10.9. The summed E-state index contributed by atoms with van der Waals surface area (Å²) in [6, 6.07) is 1.67. The Labute approximate surface area is 99.7 Å². The van der Waals surface area contributed by atoms with Crippen LogP contribution in [0.4, 0.5) is 0 Å². The van der Waals surface area contributed by atoms with E-state index in [1.54, 1.807) is 12.3 Å². The average molecular weight is 233 g/mol. The first-order valence-corrected chi connectivity index (χ1v) is 5.25. The largest absolute Gasteiger partial charge is 0.366 e. The number of aromatic nitrogens is 1. The second-order valence-corrected chi connectivity index (χ2v) is 3.55. The lowest BCUT2D eigenvalue weighted by molar-refractivity contribution is -0.118. The number of rotatable bonds is 5. The summed E-state index contributed by atoms with van der Waals surface area (Å²) in [5.74, 6) is -0.540. The zero-order chi connectivity index (χ0) is 12.7. The smallest absolute Gasteiger partial charge is 0.250 e. The van der Waals surface area contributed by atoms with Gasteiger partial charge in [0, 0.05) is 25.9 Å². The molecule has 0 aliphatic heterocycles. The molecule has 1 aromatic heterocycles. The summed E-state index contributed by atoms with van der Waals surface area (Å²) < 4.78 is 0. The average Bonchev–Trinajstić information content (AvgIpc) is 2.28. The van der Waals surface area contributed by atoms with Crippen LogP contribution in [0.2, 0.25) is 0 Å². The molecule has 0 aliphatic rings. The van der Waals surface area contributed by atoms with Crippen LogP contribution in [0, 0.1) is 0 Å². The third-order valence-corrected chi connectivity index (χ3v) is 2.04. The SMILES string of the molecule is CC(=O)NCCC=Cc1cncc(C(N)=O)c1. The van der Waals surface area contributed by atoms with Crippen LogP contribution in [-0.4, -0.2) is 23.3 Å². The Balaban J connectivity index is 2.50. The Morgan fingerprint density at radius 1 is 1.47 bits per heavy atom. The Morgan fingerprint density at radius 3 is 2.88 bits per heavy atom. The van der Waals surface area contributed by atoms with E-state index in [0.29, 0.717) is 12.1 Å². The molecular weight excluding hydrogens is 218 g/mol. The summed E-state index contributed by atoms with van der Waals surface area (Å²) in [6.45, 7) is 2.07. The first-order chi connectivity index (χ1) is 8.09. The van der Waals surface area contributed by atoms with Gasteiger partial charge < -0.3 is 11.1 Å². The van der Waals surface area contributed by atoms with Gasteiger partial charge in [-0.2, -0.15) is 0 Å². The van der Waals surface area contributed by atoms with Crippen molar-refractivity contribution in [1.82, 2.24) is 10.3 Å². The molecule has 0 bridgehead atoms. The molecule has 0 fully saturated rings. The van der Waals surface area contributed by atoms with Crippen molar-refractivity contribution in [1.29, 1.82) is 0 Å². The van der Waals surface area contributed by atoms with Gasteiger partial charge in [-0.3, -0.25) is 14.6 Å². The molecule has 5 nitrogen and oxygen atoms in total. The van der Waals surface area contributed by atoms with Gasteiger partial charge in [0.15, 0.2) is 0 Å². The molecule has 0 atom stereocenters. The summed E-state index contributed by atoms with van der Waals surface area (Å²) in [6.07, 6.45) is 7.53. The van der Waals surface area contributed by atoms with Crippen molar-refractivity contribution in [3.05, 3.63) is 35.7 Å². The van der Waals surface area contributed by atoms with Crippen LogP contribution >= 0.6 is 0 Å². The minimum atomic E-state index is -0.494.